The van der Waals surface area contributed by atoms with Gasteiger partial charge in [-0.2, -0.15) is 0 Å². The molecule has 0 aromatic heterocycles. The van der Waals surface area contributed by atoms with Crippen LogP contribution < -0.4 is 4.90 Å². The Hall–Kier alpha value is -0.626. The minimum Gasteiger partial charge on any atom is -0.364 e. The van der Waals surface area contributed by atoms with Crippen LogP contribution in [0.3, 0.4) is 0 Å². The van der Waals surface area contributed by atoms with E-state index in [0.29, 0.717) is 0 Å². The Balaban J connectivity index is 2.90. The fraction of sp³-hybridized carbons (Fsp3) is 0.562. The molecule has 0 fully saturated rings. The van der Waals surface area contributed by atoms with Crippen LogP contribution >= 0.6 is 11.6 Å². The highest BCUT2D eigenvalue weighted by molar-refractivity contribution is 6.88. The Morgan fingerprint density at radius 2 is 1.68 bits per heavy atom. The van der Waals surface area contributed by atoms with Gasteiger partial charge in [0, 0.05) is 11.9 Å². The number of amides is 1. The summed E-state index contributed by atoms with van der Waals surface area (Å²) in [6, 6.07) is 9.62. The van der Waals surface area contributed by atoms with Crippen molar-refractivity contribution in [1.82, 2.24) is 0 Å². The average Bonchev–Trinajstić information content (AvgIpc) is 2.41. The largest absolute Gasteiger partial charge is 0.364 e. The molecule has 1 unspecified atom stereocenters. The van der Waals surface area contributed by atoms with E-state index in [1.165, 1.54) is 0 Å². The zero-order chi connectivity index (χ0) is 17.0. The maximum atomic E-state index is 12.8. The van der Waals surface area contributed by atoms with Crippen molar-refractivity contribution >= 4 is 39.3 Å². The van der Waals surface area contributed by atoms with E-state index in [1.54, 1.807) is 4.90 Å². The van der Waals surface area contributed by atoms with Crippen molar-refractivity contribution in [2.45, 2.75) is 44.3 Å². The molecule has 124 valence electrons. The van der Waals surface area contributed by atoms with E-state index in [-0.39, 0.29) is 12.6 Å². The van der Waals surface area contributed by atoms with Gasteiger partial charge in [-0.15, -0.1) is 11.6 Å². The summed E-state index contributed by atoms with van der Waals surface area (Å²) in [4.78, 5) is 14.5. The quantitative estimate of drug-likeness (QED) is 0.412. The Morgan fingerprint density at radius 3 is 2.14 bits per heavy atom. The summed E-state index contributed by atoms with van der Waals surface area (Å²) in [6.45, 7) is 13.3. The number of anilines is 1. The molecule has 1 amide bonds. The third-order valence-corrected chi connectivity index (χ3v) is 8.05. The molecule has 0 saturated heterocycles. The summed E-state index contributed by atoms with van der Waals surface area (Å²) in [6.07, 6.45) is 0.726. The number of para-hydroxylation sites is 1. The highest BCUT2D eigenvalue weighted by Crippen LogP contribution is 2.22. The minimum atomic E-state index is -1.77. The first-order valence-electron chi connectivity index (χ1n) is 7.60. The molecule has 0 aliphatic heterocycles. The van der Waals surface area contributed by atoms with Crippen LogP contribution in [0.4, 0.5) is 5.69 Å². The van der Waals surface area contributed by atoms with Gasteiger partial charge in [0.2, 0.25) is 5.91 Å². The molecule has 1 atom stereocenters. The topological polar surface area (TPSA) is 29.5 Å². The van der Waals surface area contributed by atoms with Crippen LogP contribution in [0.15, 0.2) is 30.3 Å². The van der Waals surface area contributed by atoms with Gasteiger partial charge >= 0.3 is 0 Å². The number of alkyl halides is 1. The van der Waals surface area contributed by atoms with Crippen LogP contribution in [0.5, 0.6) is 0 Å². The maximum Gasteiger partial charge on any atom is 0.243 e. The SMILES string of the molecule is C[Si](C)(C)COCN(C(=O)C(Cl)[Si](C)(C)C)c1ccccc1. The second-order valence-electron chi connectivity index (χ2n) is 7.87. The maximum absolute atomic E-state index is 12.8. The van der Waals surface area contributed by atoms with Crippen LogP contribution in [0.25, 0.3) is 0 Å². The van der Waals surface area contributed by atoms with Gasteiger partial charge in [-0.05, 0) is 12.1 Å². The number of hydrogen-bond acceptors (Lipinski definition) is 2. The molecular formula is C16H28ClNO2Si2. The van der Waals surface area contributed by atoms with Crippen LogP contribution in [-0.4, -0.2) is 40.0 Å². The Labute approximate surface area is 141 Å². The van der Waals surface area contributed by atoms with Gasteiger partial charge in [0.05, 0.1) is 16.1 Å². The molecular weight excluding hydrogens is 330 g/mol. The minimum absolute atomic E-state index is 0.0531. The molecule has 0 spiro atoms. The molecule has 1 aromatic rings. The first-order chi connectivity index (χ1) is 10.0. The number of hydrogen-bond donors (Lipinski definition) is 0. The zero-order valence-corrected chi connectivity index (χ0v) is 17.3. The van der Waals surface area contributed by atoms with E-state index in [0.717, 1.165) is 11.9 Å². The number of ether oxygens (including phenoxy) is 1. The lowest BCUT2D eigenvalue weighted by molar-refractivity contribution is -0.118. The first kappa shape index (κ1) is 19.4. The van der Waals surface area contributed by atoms with Gasteiger partial charge in [-0.1, -0.05) is 57.5 Å². The van der Waals surface area contributed by atoms with Crippen LogP contribution in [0.2, 0.25) is 39.3 Å². The summed E-state index contributed by atoms with van der Waals surface area (Å²) in [7, 11) is -3.08. The highest BCUT2D eigenvalue weighted by atomic mass is 35.5. The number of carbonyl (C=O) groups is 1. The van der Waals surface area contributed by atoms with Crippen molar-refractivity contribution in [3.63, 3.8) is 0 Å². The van der Waals surface area contributed by atoms with Gasteiger partial charge in [0.25, 0.3) is 0 Å². The van der Waals surface area contributed by atoms with Gasteiger partial charge in [-0.3, -0.25) is 9.69 Å². The Kier molecular flexibility index (Phi) is 6.86. The predicted octanol–water partition coefficient (Wildman–Crippen LogP) is 4.36. The number of carbonyl (C=O) groups excluding carboxylic acids is 1. The van der Waals surface area contributed by atoms with Crippen LogP contribution in [0, 0.1) is 0 Å². The van der Waals surface area contributed by atoms with Crippen molar-refractivity contribution in [2.24, 2.45) is 0 Å². The normalized spacial score (nSPS) is 13.8. The highest BCUT2D eigenvalue weighted by Gasteiger charge is 2.35. The molecule has 3 nitrogen and oxygen atoms in total. The lowest BCUT2D eigenvalue weighted by atomic mass is 10.3. The zero-order valence-electron chi connectivity index (χ0n) is 14.5. The third-order valence-electron chi connectivity index (χ3n) is 3.07. The second-order valence-corrected chi connectivity index (χ2v) is 19.4. The molecule has 0 saturated carbocycles. The van der Waals surface area contributed by atoms with E-state index < -0.39 is 21.1 Å². The van der Waals surface area contributed by atoms with Gasteiger partial charge < -0.3 is 4.74 Å². The summed E-state index contributed by atoms with van der Waals surface area (Å²) in [5.41, 5.74) is 0.840. The molecule has 0 aliphatic rings. The summed E-state index contributed by atoms with van der Waals surface area (Å²) >= 11 is 6.44. The summed E-state index contributed by atoms with van der Waals surface area (Å²) in [5.74, 6) is -0.0531. The van der Waals surface area contributed by atoms with Crippen molar-refractivity contribution < 1.29 is 9.53 Å². The third kappa shape index (κ3) is 6.24. The predicted molar refractivity (Wildman–Crippen MR) is 101 cm³/mol. The van der Waals surface area contributed by atoms with E-state index in [2.05, 4.69) is 39.3 Å². The lowest BCUT2D eigenvalue weighted by Gasteiger charge is -2.30. The monoisotopic (exact) mass is 357 g/mol. The molecule has 0 aliphatic carbocycles. The van der Waals surface area contributed by atoms with Gasteiger partial charge in [-0.25, -0.2) is 0 Å². The smallest absolute Gasteiger partial charge is 0.243 e. The number of halogens is 1. The number of benzene rings is 1. The molecule has 0 heterocycles. The van der Waals surface area contributed by atoms with E-state index in [1.807, 2.05) is 30.3 Å². The Bertz CT molecular complexity index is 483. The molecule has 0 radical (unpaired) electrons. The van der Waals surface area contributed by atoms with Gasteiger partial charge in [0.15, 0.2) is 0 Å². The molecule has 0 N–H and O–H groups in total. The fourth-order valence-corrected chi connectivity index (χ4v) is 3.54. The number of nitrogens with zero attached hydrogens (tertiary/aromatic N) is 1. The van der Waals surface area contributed by atoms with E-state index in [9.17, 15) is 4.79 Å². The first-order valence-corrected chi connectivity index (χ1v) is 15.3. The van der Waals surface area contributed by atoms with Crippen molar-refractivity contribution in [3.05, 3.63) is 30.3 Å². The van der Waals surface area contributed by atoms with E-state index >= 15 is 0 Å². The van der Waals surface area contributed by atoms with E-state index in [4.69, 9.17) is 16.3 Å². The lowest BCUT2D eigenvalue weighted by Crippen LogP contribution is -2.49. The Morgan fingerprint density at radius 1 is 1.14 bits per heavy atom. The summed E-state index contributed by atoms with van der Waals surface area (Å²) in [5, 5.41) is -0.455. The fourth-order valence-electron chi connectivity index (χ4n) is 1.82. The molecule has 1 aromatic carbocycles. The molecule has 22 heavy (non-hydrogen) atoms. The van der Waals surface area contributed by atoms with Crippen LogP contribution in [-0.2, 0) is 9.53 Å². The van der Waals surface area contributed by atoms with Crippen molar-refractivity contribution in [3.8, 4) is 0 Å². The van der Waals surface area contributed by atoms with Crippen molar-refractivity contribution in [2.75, 3.05) is 17.9 Å². The molecule has 6 heteroatoms. The second kappa shape index (κ2) is 7.77. The number of rotatable bonds is 7. The average molecular weight is 358 g/mol. The van der Waals surface area contributed by atoms with Crippen LogP contribution in [0.1, 0.15) is 0 Å². The van der Waals surface area contributed by atoms with Gasteiger partial charge in [0.1, 0.15) is 11.7 Å². The molecule has 1 rings (SSSR count). The molecule has 0 bridgehead atoms. The van der Waals surface area contributed by atoms with Crippen molar-refractivity contribution in [1.29, 1.82) is 0 Å². The summed E-state index contributed by atoms with van der Waals surface area (Å²) < 4.78 is 5.82. The standard InChI is InChI=1S/C16H28ClNO2Si2/c1-21(2,3)13-20-12-18(14-10-8-7-9-11-14)16(19)15(17)22(4,5)6/h7-11,15H,12-13H2,1-6H3.